The third kappa shape index (κ3) is 3.97. The number of rotatable bonds is 4. The minimum absolute atomic E-state index is 0.0389. The zero-order valence-electron chi connectivity index (χ0n) is 25.4. The van der Waals surface area contributed by atoms with E-state index in [1.807, 2.05) is 0 Å². The molecule has 5 atom stereocenters. The molecule has 3 unspecified atom stereocenters. The molecule has 2 aromatic heterocycles. The summed E-state index contributed by atoms with van der Waals surface area (Å²) in [5.74, 6) is -1.70. The number of phenols is 1. The lowest BCUT2D eigenvalue weighted by Gasteiger charge is -2.40. The van der Waals surface area contributed by atoms with Crippen molar-refractivity contribution in [2.24, 2.45) is 0 Å². The van der Waals surface area contributed by atoms with Gasteiger partial charge in [0.05, 0.1) is 28.8 Å². The second kappa shape index (κ2) is 9.86. The quantitative estimate of drug-likeness (QED) is 0.251. The van der Waals surface area contributed by atoms with Crippen molar-refractivity contribution in [1.82, 2.24) is 20.2 Å². The number of piperazine rings is 1. The van der Waals surface area contributed by atoms with Crippen molar-refractivity contribution in [3.63, 3.8) is 0 Å². The maximum absolute atomic E-state index is 17.2. The fourth-order valence-corrected chi connectivity index (χ4v) is 9.13. The van der Waals surface area contributed by atoms with Crippen LogP contribution in [-0.4, -0.2) is 82.7 Å². The molecule has 5 aliphatic rings. The van der Waals surface area contributed by atoms with E-state index in [-0.39, 0.29) is 70.9 Å². The number of benzene rings is 3. The van der Waals surface area contributed by atoms with Crippen molar-refractivity contribution >= 4 is 38.5 Å². The normalized spacial score (nSPS) is 28.2. The molecule has 4 fully saturated rings. The number of nitrogens with zero attached hydrogens (tertiary/aromatic N) is 4. The zero-order chi connectivity index (χ0) is 31.6. The molecular formula is C35H32F3N5O4. The van der Waals surface area contributed by atoms with Gasteiger partial charge in [0.25, 0.3) is 0 Å². The van der Waals surface area contributed by atoms with Gasteiger partial charge in [0.2, 0.25) is 0 Å². The molecule has 0 amide bonds. The van der Waals surface area contributed by atoms with Crippen LogP contribution in [0.2, 0.25) is 0 Å². The Bertz CT molecular complexity index is 2120. The Balaban J connectivity index is 1.20. The highest BCUT2D eigenvalue weighted by atomic mass is 19.1. The molecule has 0 aliphatic carbocycles. The Morgan fingerprint density at radius 3 is 2.91 bits per heavy atom. The molecule has 3 aromatic carbocycles. The molecule has 4 saturated heterocycles. The molecule has 5 aliphatic heterocycles. The number of alkyl halides is 1. The van der Waals surface area contributed by atoms with Crippen LogP contribution in [0.3, 0.4) is 0 Å². The molecule has 2 N–H and O–H groups in total. The summed E-state index contributed by atoms with van der Waals surface area (Å²) < 4.78 is 66.9. The Labute approximate surface area is 267 Å². The smallest absolute Gasteiger partial charge is 0.319 e. The maximum atomic E-state index is 17.2. The van der Waals surface area contributed by atoms with Crippen molar-refractivity contribution in [2.75, 3.05) is 37.7 Å². The Morgan fingerprint density at radius 1 is 1.09 bits per heavy atom. The molecular weight excluding hydrogens is 611 g/mol. The molecule has 2 bridgehead atoms. The monoisotopic (exact) mass is 643 g/mol. The van der Waals surface area contributed by atoms with Gasteiger partial charge in [0.15, 0.2) is 17.4 Å². The van der Waals surface area contributed by atoms with Crippen LogP contribution < -0.4 is 19.7 Å². The number of fused-ring (bicyclic) bond motifs is 9. The van der Waals surface area contributed by atoms with Gasteiger partial charge in [-0.25, -0.2) is 13.2 Å². The number of anilines is 1. The SMILES string of the molecule is Oc1cc(-c2c(F)c3c4c(nc(OC[C@]56CCCN5C[C@@H](F)C6)nc4c2F)N2CC4CCC(N4)C2CO3)c2c(ccc3occc32)c1. The summed E-state index contributed by atoms with van der Waals surface area (Å²) in [5, 5.41) is 16.3. The summed E-state index contributed by atoms with van der Waals surface area (Å²) in [6.45, 7) is 2.11. The Kier molecular flexibility index (Phi) is 5.83. The average Bonchev–Trinajstić information content (AvgIpc) is 3.82. The first-order valence-corrected chi connectivity index (χ1v) is 16.4. The lowest BCUT2D eigenvalue weighted by atomic mass is 9.93. The summed E-state index contributed by atoms with van der Waals surface area (Å²) in [6, 6.07) is 8.25. The summed E-state index contributed by atoms with van der Waals surface area (Å²) in [7, 11) is 0. The van der Waals surface area contributed by atoms with Crippen LogP contribution in [-0.2, 0) is 0 Å². The summed E-state index contributed by atoms with van der Waals surface area (Å²) in [5.41, 5.74) is -0.264. The molecule has 5 aromatic rings. The van der Waals surface area contributed by atoms with Gasteiger partial charge in [0.1, 0.15) is 42.1 Å². The number of aromatic hydroxyl groups is 1. The van der Waals surface area contributed by atoms with E-state index in [1.165, 1.54) is 12.3 Å². The van der Waals surface area contributed by atoms with Gasteiger partial charge in [-0.3, -0.25) is 4.90 Å². The van der Waals surface area contributed by atoms with Crippen molar-refractivity contribution in [1.29, 1.82) is 0 Å². The van der Waals surface area contributed by atoms with E-state index in [0.29, 0.717) is 47.1 Å². The van der Waals surface area contributed by atoms with Gasteiger partial charge in [-0.15, -0.1) is 0 Å². The molecule has 47 heavy (non-hydrogen) atoms. The molecule has 10 rings (SSSR count). The predicted octanol–water partition coefficient (Wildman–Crippen LogP) is 5.84. The summed E-state index contributed by atoms with van der Waals surface area (Å²) >= 11 is 0. The number of nitrogens with one attached hydrogen (secondary N) is 1. The topological polar surface area (TPSA) is 96.1 Å². The van der Waals surface area contributed by atoms with Crippen molar-refractivity contribution in [2.45, 2.75) is 61.9 Å². The second-order valence-corrected chi connectivity index (χ2v) is 13.8. The van der Waals surface area contributed by atoms with Gasteiger partial charge in [-0.05, 0) is 61.9 Å². The highest BCUT2D eigenvalue weighted by Crippen LogP contribution is 2.49. The molecule has 7 heterocycles. The number of aromatic nitrogens is 2. The summed E-state index contributed by atoms with van der Waals surface area (Å²) in [4.78, 5) is 13.7. The minimum Gasteiger partial charge on any atom is -0.508 e. The van der Waals surface area contributed by atoms with E-state index in [0.717, 1.165) is 32.2 Å². The number of hydrogen-bond donors (Lipinski definition) is 2. The first-order chi connectivity index (χ1) is 22.9. The molecule has 12 heteroatoms. The van der Waals surface area contributed by atoms with E-state index in [2.05, 4.69) is 20.1 Å². The fraction of sp³-hybridized carbons (Fsp3) is 0.429. The first-order valence-electron chi connectivity index (χ1n) is 16.4. The highest BCUT2D eigenvalue weighted by Gasteiger charge is 2.50. The predicted molar refractivity (Wildman–Crippen MR) is 169 cm³/mol. The van der Waals surface area contributed by atoms with E-state index in [1.54, 1.807) is 24.3 Å². The van der Waals surface area contributed by atoms with Crippen LogP contribution in [0.1, 0.15) is 32.1 Å². The Hall–Kier alpha value is -4.29. The van der Waals surface area contributed by atoms with Gasteiger partial charge >= 0.3 is 6.01 Å². The van der Waals surface area contributed by atoms with Gasteiger partial charge < -0.3 is 29.2 Å². The first kappa shape index (κ1) is 27.8. The Morgan fingerprint density at radius 2 is 2.00 bits per heavy atom. The molecule has 0 saturated carbocycles. The van der Waals surface area contributed by atoms with Crippen LogP contribution in [0.4, 0.5) is 19.0 Å². The molecule has 0 spiro atoms. The maximum Gasteiger partial charge on any atom is 0.319 e. The van der Waals surface area contributed by atoms with Crippen LogP contribution in [0.5, 0.6) is 17.5 Å². The summed E-state index contributed by atoms with van der Waals surface area (Å²) in [6.07, 6.45) is 4.62. The third-order valence-corrected chi connectivity index (χ3v) is 11.2. The number of hydrogen-bond acceptors (Lipinski definition) is 9. The van der Waals surface area contributed by atoms with Crippen molar-refractivity contribution in [3.8, 4) is 28.6 Å². The van der Waals surface area contributed by atoms with Crippen molar-refractivity contribution < 1.29 is 32.2 Å². The van der Waals surface area contributed by atoms with Gasteiger partial charge in [0, 0.05) is 47.9 Å². The molecule has 9 nitrogen and oxygen atoms in total. The van der Waals surface area contributed by atoms with Crippen LogP contribution in [0, 0.1) is 11.6 Å². The lowest BCUT2D eigenvalue weighted by molar-refractivity contribution is 0.107. The largest absolute Gasteiger partial charge is 0.508 e. The number of phenolic OH excluding ortho intramolecular Hbond substituents is 1. The van der Waals surface area contributed by atoms with E-state index < -0.39 is 23.3 Å². The van der Waals surface area contributed by atoms with Gasteiger partial charge in [-0.2, -0.15) is 9.97 Å². The van der Waals surface area contributed by atoms with E-state index in [9.17, 15) is 9.50 Å². The molecule has 242 valence electrons. The van der Waals surface area contributed by atoms with Gasteiger partial charge in [-0.1, -0.05) is 6.07 Å². The second-order valence-electron chi connectivity index (χ2n) is 13.8. The van der Waals surface area contributed by atoms with Crippen molar-refractivity contribution in [3.05, 3.63) is 48.2 Å². The number of furan rings is 1. The highest BCUT2D eigenvalue weighted by molar-refractivity contribution is 6.14. The minimum atomic E-state index is -0.931. The van der Waals surface area contributed by atoms with Crippen LogP contribution in [0.25, 0.3) is 43.8 Å². The van der Waals surface area contributed by atoms with Crippen LogP contribution in [0.15, 0.2) is 41.0 Å². The van der Waals surface area contributed by atoms with E-state index in [4.69, 9.17) is 18.9 Å². The number of ether oxygens (including phenoxy) is 2. The average molecular weight is 644 g/mol. The third-order valence-electron chi connectivity index (χ3n) is 11.2. The lowest BCUT2D eigenvalue weighted by Crippen LogP contribution is -2.60. The molecule has 0 radical (unpaired) electrons. The standard InChI is InChI=1S/C35H32F3N5O4/c36-18-12-35(7-1-8-42(35)13-18)16-47-34-40-31-28-32(46-15-24-23-4-3-19(39-23)14-43(24)33(28)41-34)30(38)27(29(31)37)22-11-20(44)10-17-2-5-25-21(26(17)22)6-9-45-25/h2,5-6,9-11,18-19,23-24,39,44H,1,3-4,7-8,12-16H2/t18-,19?,23?,24?,35+/m0/s1. The zero-order valence-corrected chi connectivity index (χ0v) is 25.4. The number of halogens is 3. The fourth-order valence-electron chi connectivity index (χ4n) is 9.13. The van der Waals surface area contributed by atoms with Crippen LogP contribution >= 0.6 is 0 Å². The van der Waals surface area contributed by atoms with E-state index >= 15 is 8.78 Å².